The molecule has 1 aromatic heterocycles. The number of benzene rings is 3. The number of ether oxygens (including phenoxy) is 3. The van der Waals surface area contributed by atoms with Crippen molar-refractivity contribution in [3.8, 4) is 5.75 Å². The minimum absolute atomic E-state index is 0.258. The van der Waals surface area contributed by atoms with E-state index in [1.807, 2.05) is 92.2 Å². The van der Waals surface area contributed by atoms with Crippen LogP contribution in [-0.2, 0) is 16.0 Å². The summed E-state index contributed by atoms with van der Waals surface area (Å²) in [4.78, 5) is 31.0. The maximum absolute atomic E-state index is 13.3. The summed E-state index contributed by atoms with van der Waals surface area (Å²) in [5.41, 5.74) is 1.58. The van der Waals surface area contributed by atoms with Gasteiger partial charge in [0.2, 0.25) is 0 Å². The molecular formula is C33H37N3O5. The maximum atomic E-state index is 13.3. The van der Waals surface area contributed by atoms with Gasteiger partial charge in [0.25, 0.3) is 0 Å². The predicted molar refractivity (Wildman–Crippen MR) is 160 cm³/mol. The summed E-state index contributed by atoms with van der Waals surface area (Å²) < 4.78 is 18.9. The number of imidazole rings is 1. The van der Waals surface area contributed by atoms with Gasteiger partial charge in [-0.2, -0.15) is 0 Å². The number of amides is 1. The van der Waals surface area contributed by atoms with E-state index in [1.54, 1.807) is 29.6 Å². The molecule has 0 saturated carbocycles. The van der Waals surface area contributed by atoms with Crippen molar-refractivity contribution in [1.82, 2.24) is 14.5 Å². The first-order chi connectivity index (χ1) is 19.7. The summed E-state index contributed by atoms with van der Waals surface area (Å²) in [6.45, 7) is 7.35. The normalized spacial score (nSPS) is 11.8. The van der Waals surface area contributed by atoms with Crippen LogP contribution in [0.4, 0.5) is 4.79 Å². The third kappa shape index (κ3) is 8.70. The molecule has 0 aliphatic heterocycles. The Bertz CT molecular complexity index is 1470. The molecule has 0 aliphatic carbocycles. The number of fused-ring (bicyclic) bond motifs is 1. The second-order valence-electron chi connectivity index (χ2n) is 10.7. The van der Waals surface area contributed by atoms with E-state index in [-0.39, 0.29) is 12.7 Å². The molecule has 8 nitrogen and oxygen atoms in total. The van der Waals surface area contributed by atoms with Crippen LogP contribution in [0.5, 0.6) is 5.75 Å². The van der Waals surface area contributed by atoms with Crippen LogP contribution >= 0.6 is 0 Å². The third-order valence-corrected chi connectivity index (χ3v) is 6.31. The highest BCUT2D eigenvalue weighted by Crippen LogP contribution is 2.26. The second kappa shape index (κ2) is 13.7. The lowest BCUT2D eigenvalue weighted by Crippen LogP contribution is -2.39. The van der Waals surface area contributed by atoms with Gasteiger partial charge in [-0.25, -0.2) is 14.6 Å². The Balaban J connectivity index is 1.60. The van der Waals surface area contributed by atoms with Crippen molar-refractivity contribution in [3.05, 3.63) is 102 Å². The molecule has 4 rings (SSSR count). The smallest absolute Gasteiger partial charge is 0.410 e. The van der Waals surface area contributed by atoms with Crippen LogP contribution < -0.4 is 4.74 Å². The van der Waals surface area contributed by atoms with Gasteiger partial charge in [0.05, 0.1) is 19.0 Å². The SMILES string of the molecule is COC(=O)c1ccc(/C=C(\COc2cccc3ccccc23)CN(CCCn2ccnc2)C(=O)OC(C)(C)C)cc1. The first kappa shape index (κ1) is 29.4. The Labute approximate surface area is 241 Å². The molecule has 0 fully saturated rings. The van der Waals surface area contributed by atoms with Gasteiger partial charge in [-0.3, -0.25) is 0 Å². The van der Waals surface area contributed by atoms with Gasteiger partial charge in [-0.15, -0.1) is 0 Å². The number of aromatic nitrogens is 2. The van der Waals surface area contributed by atoms with E-state index in [9.17, 15) is 9.59 Å². The molecule has 0 spiro atoms. The van der Waals surface area contributed by atoms with E-state index < -0.39 is 11.6 Å². The fraction of sp³-hybridized carbons (Fsp3) is 0.303. The molecule has 41 heavy (non-hydrogen) atoms. The van der Waals surface area contributed by atoms with Crippen LogP contribution in [0.15, 0.2) is 91.0 Å². The molecule has 3 aromatic carbocycles. The largest absolute Gasteiger partial charge is 0.489 e. The Morgan fingerprint density at radius 1 is 1.00 bits per heavy atom. The quantitative estimate of drug-likeness (QED) is 0.194. The van der Waals surface area contributed by atoms with Crippen molar-refractivity contribution in [2.24, 2.45) is 0 Å². The van der Waals surface area contributed by atoms with Gasteiger partial charge < -0.3 is 23.7 Å². The summed E-state index contributed by atoms with van der Waals surface area (Å²) in [6, 6.07) is 21.2. The molecule has 1 heterocycles. The van der Waals surface area contributed by atoms with Gasteiger partial charge in [-0.05, 0) is 61.9 Å². The number of rotatable bonds is 11. The zero-order chi connectivity index (χ0) is 29.2. The summed E-state index contributed by atoms with van der Waals surface area (Å²) in [5.74, 6) is 0.369. The molecule has 0 bridgehead atoms. The fourth-order valence-electron chi connectivity index (χ4n) is 4.36. The second-order valence-corrected chi connectivity index (χ2v) is 10.7. The van der Waals surface area contributed by atoms with E-state index in [1.165, 1.54) is 7.11 Å². The summed E-state index contributed by atoms with van der Waals surface area (Å²) in [5, 5.41) is 2.10. The van der Waals surface area contributed by atoms with Gasteiger partial charge in [-0.1, -0.05) is 54.6 Å². The Kier molecular flexibility index (Phi) is 9.79. The average molecular weight is 556 g/mol. The number of methoxy groups -OCH3 is 1. The summed E-state index contributed by atoms with van der Waals surface area (Å²) in [7, 11) is 1.36. The van der Waals surface area contributed by atoms with E-state index in [0.29, 0.717) is 18.7 Å². The molecule has 214 valence electrons. The topological polar surface area (TPSA) is 82.9 Å². The molecule has 0 unspecified atom stereocenters. The zero-order valence-electron chi connectivity index (χ0n) is 24.1. The highest BCUT2D eigenvalue weighted by Gasteiger charge is 2.23. The van der Waals surface area contributed by atoms with Gasteiger partial charge >= 0.3 is 12.1 Å². The van der Waals surface area contributed by atoms with Crippen LogP contribution in [-0.4, -0.2) is 58.9 Å². The Hall–Kier alpha value is -4.59. The number of hydrogen-bond acceptors (Lipinski definition) is 6. The molecule has 0 atom stereocenters. The minimum Gasteiger partial charge on any atom is -0.489 e. The van der Waals surface area contributed by atoms with Crippen LogP contribution in [0, 0.1) is 0 Å². The molecular weight excluding hydrogens is 518 g/mol. The number of hydrogen-bond donors (Lipinski definition) is 0. The van der Waals surface area contributed by atoms with Gasteiger partial charge in [0, 0.05) is 37.4 Å². The highest BCUT2D eigenvalue weighted by molar-refractivity contribution is 5.89. The van der Waals surface area contributed by atoms with Gasteiger partial charge in [0.15, 0.2) is 0 Å². The van der Waals surface area contributed by atoms with E-state index in [2.05, 4.69) is 4.98 Å². The first-order valence-electron chi connectivity index (χ1n) is 13.6. The minimum atomic E-state index is -0.632. The Morgan fingerprint density at radius 2 is 1.76 bits per heavy atom. The lowest BCUT2D eigenvalue weighted by atomic mass is 10.1. The van der Waals surface area contributed by atoms with Crippen molar-refractivity contribution in [3.63, 3.8) is 0 Å². The zero-order valence-corrected chi connectivity index (χ0v) is 24.1. The average Bonchev–Trinajstić information content (AvgIpc) is 3.48. The molecule has 0 saturated heterocycles. The monoisotopic (exact) mass is 555 g/mol. The number of esters is 1. The maximum Gasteiger partial charge on any atom is 0.410 e. The van der Waals surface area contributed by atoms with E-state index in [0.717, 1.165) is 40.6 Å². The van der Waals surface area contributed by atoms with Crippen molar-refractivity contribution in [2.75, 3.05) is 26.8 Å². The molecule has 4 aromatic rings. The standard InChI is InChI=1S/C33H37N3O5/c1-33(2,3)41-32(38)36(19-8-18-35-20-17-34-24-35)22-26(21-25-13-15-28(16-14-25)31(37)39-4)23-40-30-12-7-10-27-9-5-6-11-29(27)30/h5-7,9-17,20-21,24H,8,18-19,22-23H2,1-4H3/b26-21-. The van der Waals surface area contributed by atoms with Crippen LogP contribution in [0.2, 0.25) is 0 Å². The Morgan fingerprint density at radius 3 is 2.46 bits per heavy atom. The molecule has 0 aliphatic rings. The first-order valence-corrected chi connectivity index (χ1v) is 13.6. The van der Waals surface area contributed by atoms with Gasteiger partial charge in [0.1, 0.15) is 18.0 Å². The predicted octanol–water partition coefficient (Wildman–Crippen LogP) is 6.61. The van der Waals surface area contributed by atoms with Crippen molar-refractivity contribution >= 4 is 28.9 Å². The number of nitrogens with zero attached hydrogens (tertiary/aromatic N) is 3. The van der Waals surface area contributed by atoms with Crippen LogP contribution in [0.3, 0.4) is 0 Å². The lowest BCUT2D eigenvalue weighted by Gasteiger charge is -2.28. The lowest BCUT2D eigenvalue weighted by molar-refractivity contribution is 0.0260. The van der Waals surface area contributed by atoms with Crippen molar-refractivity contribution in [2.45, 2.75) is 39.3 Å². The molecule has 0 N–H and O–H groups in total. The van der Waals surface area contributed by atoms with Crippen LogP contribution in [0.25, 0.3) is 16.8 Å². The summed E-state index contributed by atoms with van der Waals surface area (Å²) in [6.07, 6.45) is 7.72. The number of carbonyl (C=O) groups is 2. The van der Waals surface area contributed by atoms with Crippen LogP contribution in [0.1, 0.15) is 43.1 Å². The van der Waals surface area contributed by atoms with E-state index in [4.69, 9.17) is 14.2 Å². The molecule has 8 heteroatoms. The summed E-state index contributed by atoms with van der Waals surface area (Å²) >= 11 is 0. The number of aryl methyl sites for hydroxylation is 1. The van der Waals surface area contributed by atoms with E-state index >= 15 is 0 Å². The highest BCUT2D eigenvalue weighted by atomic mass is 16.6. The molecule has 0 radical (unpaired) electrons. The van der Waals surface area contributed by atoms with Crippen molar-refractivity contribution < 1.29 is 23.8 Å². The third-order valence-electron chi connectivity index (χ3n) is 6.31. The molecule has 1 amide bonds. The number of carbonyl (C=O) groups excluding carboxylic acids is 2. The fourth-order valence-corrected chi connectivity index (χ4v) is 4.36. The van der Waals surface area contributed by atoms with Crippen molar-refractivity contribution in [1.29, 1.82) is 0 Å².